The van der Waals surface area contributed by atoms with Gasteiger partial charge in [-0.15, -0.1) is 0 Å². The fourth-order valence-electron chi connectivity index (χ4n) is 1.69. The maximum absolute atomic E-state index is 11.7. The van der Waals surface area contributed by atoms with Gasteiger partial charge in [-0.05, 0) is 40.1 Å². The van der Waals surface area contributed by atoms with E-state index in [0.717, 1.165) is 5.76 Å². The SMILES string of the molecule is CCO[C@@H](C)C(=O)NC[C@H](c1ccco1)N(C)C. The molecule has 0 aliphatic heterocycles. The van der Waals surface area contributed by atoms with E-state index in [1.807, 2.05) is 38.1 Å². The van der Waals surface area contributed by atoms with Crippen molar-refractivity contribution in [2.45, 2.75) is 26.0 Å². The van der Waals surface area contributed by atoms with Gasteiger partial charge in [0, 0.05) is 13.2 Å². The van der Waals surface area contributed by atoms with Crippen LogP contribution in [0.25, 0.3) is 0 Å². The largest absolute Gasteiger partial charge is 0.468 e. The van der Waals surface area contributed by atoms with Crippen LogP contribution in [0.3, 0.4) is 0 Å². The summed E-state index contributed by atoms with van der Waals surface area (Å²) in [6.07, 6.45) is 1.21. The van der Waals surface area contributed by atoms with Crippen molar-refractivity contribution in [3.8, 4) is 0 Å². The zero-order valence-corrected chi connectivity index (χ0v) is 11.5. The van der Waals surface area contributed by atoms with Crippen molar-refractivity contribution in [2.75, 3.05) is 27.2 Å². The van der Waals surface area contributed by atoms with Crippen LogP contribution in [-0.2, 0) is 9.53 Å². The van der Waals surface area contributed by atoms with Crippen LogP contribution < -0.4 is 5.32 Å². The molecule has 0 saturated carbocycles. The average Bonchev–Trinajstić information content (AvgIpc) is 2.82. The molecule has 0 spiro atoms. The molecule has 0 radical (unpaired) electrons. The number of carbonyl (C=O) groups excluding carboxylic acids is 1. The molecule has 5 nitrogen and oxygen atoms in total. The fourth-order valence-corrected chi connectivity index (χ4v) is 1.69. The van der Waals surface area contributed by atoms with E-state index in [2.05, 4.69) is 5.32 Å². The van der Waals surface area contributed by atoms with Crippen LogP contribution in [0, 0.1) is 0 Å². The Morgan fingerprint density at radius 2 is 2.28 bits per heavy atom. The average molecular weight is 254 g/mol. The van der Waals surface area contributed by atoms with E-state index in [0.29, 0.717) is 13.2 Å². The van der Waals surface area contributed by atoms with Gasteiger partial charge in [0.1, 0.15) is 11.9 Å². The van der Waals surface area contributed by atoms with Crippen molar-refractivity contribution in [1.82, 2.24) is 10.2 Å². The number of likely N-dealkylation sites (N-methyl/N-ethyl adjacent to an activating group) is 1. The van der Waals surface area contributed by atoms with Crippen molar-refractivity contribution in [3.63, 3.8) is 0 Å². The molecule has 2 atom stereocenters. The van der Waals surface area contributed by atoms with Gasteiger partial charge >= 0.3 is 0 Å². The predicted octanol–water partition coefficient (Wildman–Crippen LogP) is 1.42. The van der Waals surface area contributed by atoms with Gasteiger partial charge in [0.2, 0.25) is 5.91 Å². The number of nitrogens with one attached hydrogen (secondary N) is 1. The Hall–Kier alpha value is -1.33. The summed E-state index contributed by atoms with van der Waals surface area (Å²) in [6.45, 7) is 4.65. The molecule has 1 heterocycles. The van der Waals surface area contributed by atoms with Gasteiger partial charge in [-0.25, -0.2) is 0 Å². The fraction of sp³-hybridized carbons (Fsp3) is 0.615. The topological polar surface area (TPSA) is 54.7 Å². The van der Waals surface area contributed by atoms with Gasteiger partial charge < -0.3 is 14.5 Å². The first-order valence-corrected chi connectivity index (χ1v) is 6.15. The summed E-state index contributed by atoms with van der Waals surface area (Å²) in [6, 6.07) is 3.77. The van der Waals surface area contributed by atoms with Gasteiger partial charge in [0.15, 0.2) is 0 Å². The van der Waals surface area contributed by atoms with Gasteiger partial charge in [-0.3, -0.25) is 9.69 Å². The summed E-state index contributed by atoms with van der Waals surface area (Å²) in [5.74, 6) is 0.736. The normalized spacial score (nSPS) is 14.5. The van der Waals surface area contributed by atoms with E-state index in [4.69, 9.17) is 9.15 Å². The molecule has 0 aliphatic rings. The number of ether oxygens (including phenoxy) is 1. The van der Waals surface area contributed by atoms with Crippen molar-refractivity contribution < 1.29 is 13.9 Å². The Kier molecular flexibility index (Phi) is 5.88. The molecule has 1 rings (SSSR count). The number of hydrogen-bond donors (Lipinski definition) is 1. The zero-order chi connectivity index (χ0) is 13.5. The first-order chi connectivity index (χ1) is 8.56. The molecule has 0 unspecified atom stereocenters. The van der Waals surface area contributed by atoms with Crippen LogP contribution in [0.5, 0.6) is 0 Å². The van der Waals surface area contributed by atoms with E-state index in [1.165, 1.54) is 0 Å². The molecule has 0 bridgehead atoms. The summed E-state index contributed by atoms with van der Waals surface area (Å²) in [4.78, 5) is 13.7. The van der Waals surface area contributed by atoms with E-state index in [9.17, 15) is 4.79 Å². The van der Waals surface area contributed by atoms with Gasteiger partial charge in [0.25, 0.3) is 0 Å². The Labute approximate surface area is 108 Å². The highest BCUT2D eigenvalue weighted by Crippen LogP contribution is 2.17. The molecular formula is C13H22N2O3. The standard InChI is InChI=1S/C13H22N2O3/c1-5-17-10(2)13(16)14-9-11(15(3)4)12-7-6-8-18-12/h6-8,10-11H,5,9H2,1-4H3,(H,14,16)/t10-,11+/m0/s1. The molecule has 18 heavy (non-hydrogen) atoms. The summed E-state index contributed by atoms with van der Waals surface area (Å²) in [5, 5.41) is 2.87. The highest BCUT2D eigenvalue weighted by molar-refractivity contribution is 5.80. The maximum atomic E-state index is 11.7. The van der Waals surface area contributed by atoms with Gasteiger partial charge in [-0.2, -0.15) is 0 Å². The van der Waals surface area contributed by atoms with E-state index < -0.39 is 6.10 Å². The van der Waals surface area contributed by atoms with Crippen LogP contribution in [0.1, 0.15) is 25.6 Å². The number of amides is 1. The molecule has 1 N–H and O–H groups in total. The molecule has 0 aromatic carbocycles. The van der Waals surface area contributed by atoms with Gasteiger partial charge in [0.05, 0.1) is 12.3 Å². The van der Waals surface area contributed by atoms with Crippen molar-refractivity contribution in [2.24, 2.45) is 0 Å². The number of hydrogen-bond acceptors (Lipinski definition) is 4. The molecule has 102 valence electrons. The monoisotopic (exact) mass is 254 g/mol. The molecule has 5 heteroatoms. The van der Waals surface area contributed by atoms with Crippen LogP contribution in [0.4, 0.5) is 0 Å². The summed E-state index contributed by atoms with van der Waals surface area (Å²) >= 11 is 0. The molecule has 0 aliphatic carbocycles. The van der Waals surface area contributed by atoms with E-state index in [-0.39, 0.29) is 11.9 Å². The molecule has 1 aromatic rings. The third-order valence-electron chi connectivity index (χ3n) is 2.75. The maximum Gasteiger partial charge on any atom is 0.248 e. The zero-order valence-electron chi connectivity index (χ0n) is 11.5. The number of carbonyl (C=O) groups is 1. The second kappa shape index (κ2) is 7.18. The Bertz CT molecular complexity index is 349. The van der Waals surface area contributed by atoms with Crippen molar-refractivity contribution >= 4 is 5.91 Å². The van der Waals surface area contributed by atoms with Crippen LogP contribution in [-0.4, -0.2) is 44.2 Å². The number of rotatable bonds is 7. The summed E-state index contributed by atoms with van der Waals surface area (Å²) < 4.78 is 10.6. The van der Waals surface area contributed by atoms with E-state index in [1.54, 1.807) is 13.2 Å². The van der Waals surface area contributed by atoms with Crippen LogP contribution >= 0.6 is 0 Å². The third-order valence-corrected chi connectivity index (χ3v) is 2.75. The minimum Gasteiger partial charge on any atom is -0.468 e. The van der Waals surface area contributed by atoms with E-state index >= 15 is 0 Å². The third kappa shape index (κ3) is 4.16. The van der Waals surface area contributed by atoms with Crippen LogP contribution in [0.2, 0.25) is 0 Å². The Morgan fingerprint density at radius 3 is 2.78 bits per heavy atom. The van der Waals surface area contributed by atoms with Gasteiger partial charge in [-0.1, -0.05) is 0 Å². The molecule has 1 aromatic heterocycles. The lowest BCUT2D eigenvalue weighted by Gasteiger charge is -2.23. The molecule has 0 fully saturated rings. The molecular weight excluding hydrogens is 232 g/mol. The minimum absolute atomic E-state index is 0.0257. The number of nitrogens with zero attached hydrogens (tertiary/aromatic N) is 1. The second-order valence-electron chi connectivity index (χ2n) is 4.34. The predicted molar refractivity (Wildman–Crippen MR) is 69.2 cm³/mol. The first kappa shape index (κ1) is 14.7. The highest BCUT2D eigenvalue weighted by atomic mass is 16.5. The van der Waals surface area contributed by atoms with Crippen LogP contribution in [0.15, 0.2) is 22.8 Å². The second-order valence-corrected chi connectivity index (χ2v) is 4.34. The smallest absolute Gasteiger partial charge is 0.248 e. The van der Waals surface area contributed by atoms with Crippen molar-refractivity contribution in [1.29, 1.82) is 0 Å². The minimum atomic E-state index is -0.422. The molecule has 0 saturated heterocycles. The summed E-state index contributed by atoms with van der Waals surface area (Å²) in [7, 11) is 3.90. The Morgan fingerprint density at radius 1 is 1.56 bits per heavy atom. The highest BCUT2D eigenvalue weighted by Gasteiger charge is 2.19. The lowest BCUT2D eigenvalue weighted by atomic mass is 10.2. The lowest BCUT2D eigenvalue weighted by molar-refractivity contribution is -0.131. The number of furan rings is 1. The lowest BCUT2D eigenvalue weighted by Crippen LogP contribution is -2.39. The van der Waals surface area contributed by atoms with Crippen molar-refractivity contribution in [3.05, 3.63) is 24.2 Å². The Balaban J connectivity index is 2.51. The molecule has 1 amide bonds. The summed E-state index contributed by atoms with van der Waals surface area (Å²) in [5.41, 5.74) is 0. The first-order valence-electron chi connectivity index (χ1n) is 6.15. The quantitative estimate of drug-likeness (QED) is 0.799.